The van der Waals surface area contributed by atoms with E-state index in [0.29, 0.717) is 13.2 Å². The molecule has 1 N–H and O–H groups in total. The minimum Gasteiger partial charge on any atom is -0.385 e. The van der Waals surface area contributed by atoms with Gasteiger partial charge in [0.15, 0.2) is 5.69 Å². The number of halogens is 3. The topological polar surface area (TPSA) is 58.2 Å². The second kappa shape index (κ2) is 7.13. The summed E-state index contributed by atoms with van der Waals surface area (Å²) in [6.45, 7) is 1.17. The smallest absolute Gasteiger partial charge is 0.385 e. The van der Waals surface area contributed by atoms with Crippen molar-refractivity contribution in [2.24, 2.45) is 0 Å². The van der Waals surface area contributed by atoms with Crippen molar-refractivity contribution in [3.63, 3.8) is 0 Å². The van der Waals surface area contributed by atoms with E-state index in [-0.39, 0.29) is 11.7 Å². The Kier molecular flexibility index (Phi) is 5.44. The number of amides is 1. The molecule has 0 spiro atoms. The van der Waals surface area contributed by atoms with Crippen molar-refractivity contribution in [2.75, 3.05) is 20.3 Å². The highest BCUT2D eigenvalue weighted by Gasteiger charge is 2.35. The van der Waals surface area contributed by atoms with Gasteiger partial charge in [-0.15, -0.1) is 0 Å². The van der Waals surface area contributed by atoms with Crippen molar-refractivity contribution in [1.82, 2.24) is 15.1 Å². The zero-order chi connectivity index (χ0) is 16.2. The average Bonchev–Trinajstić information content (AvgIpc) is 2.97. The molecule has 0 saturated carbocycles. The number of nitrogens with one attached hydrogen (secondary N) is 1. The summed E-state index contributed by atoms with van der Waals surface area (Å²) in [6, 6.07) is 0.825. The number of carbonyl (C=O) groups is 1. The number of rotatable bonds is 5. The van der Waals surface area contributed by atoms with Gasteiger partial charge in [-0.25, -0.2) is 0 Å². The van der Waals surface area contributed by atoms with Gasteiger partial charge in [-0.3, -0.25) is 9.89 Å². The predicted octanol–water partition coefficient (Wildman–Crippen LogP) is 2.85. The quantitative estimate of drug-likeness (QED) is 0.849. The first-order valence-corrected chi connectivity index (χ1v) is 7.36. The van der Waals surface area contributed by atoms with E-state index in [0.717, 1.165) is 38.2 Å². The van der Waals surface area contributed by atoms with Crippen LogP contribution in [-0.2, 0) is 10.9 Å². The van der Waals surface area contributed by atoms with Gasteiger partial charge in [-0.1, -0.05) is 0 Å². The van der Waals surface area contributed by atoms with E-state index >= 15 is 0 Å². The number of hydrogen-bond donors (Lipinski definition) is 1. The van der Waals surface area contributed by atoms with Gasteiger partial charge in [-0.2, -0.15) is 18.3 Å². The maximum absolute atomic E-state index is 12.6. The number of aromatic nitrogens is 2. The molecule has 124 valence electrons. The summed E-state index contributed by atoms with van der Waals surface area (Å²) < 4.78 is 42.7. The Hall–Kier alpha value is -1.57. The van der Waals surface area contributed by atoms with Crippen molar-refractivity contribution < 1.29 is 22.7 Å². The number of ether oxygens (including phenoxy) is 1. The number of alkyl halides is 3. The number of carbonyl (C=O) groups excluding carboxylic acids is 1. The van der Waals surface area contributed by atoms with Crippen LogP contribution in [0.25, 0.3) is 0 Å². The zero-order valence-corrected chi connectivity index (χ0v) is 12.4. The SMILES string of the molecule is COCCCC1CCCCN1C(=O)c1cc(C(F)(F)F)[nH]n1. The first kappa shape index (κ1) is 16.8. The molecule has 8 heteroatoms. The van der Waals surface area contributed by atoms with Gasteiger partial charge in [0, 0.05) is 32.4 Å². The lowest BCUT2D eigenvalue weighted by Crippen LogP contribution is -2.44. The van der Waals surface area contributed by atoms with Crippen LogP contribution in [0.3, 0.4) is 0 Å². The first-order valence-electron chi connectivity index (χ1n) is 7.36. The molecule has 5 nitrogen and oxygen atoms in total. The van der Waals surface area contributed by atoms with Gasteiger partial charge in [-0.05, 0) is 32.1 Å². The van der Waals surface area contributed by atoms with Crippen LogP contribution in [0.15, 0.2) is 6.07 Å². The summed E-state index contributed by atoms with van der Waals surface area (Å²) in [5.41, 5.74) is -1.17. The minimum atomic E-state index is -4.52. The molecule has 1 aliphatic heterocycles. The van der Waals surface area contributed by atoms with Crippen LogP contribution in [0.2, 0.25) is 0 Å². The van der Waals surface area contributed by atoms with E-state index in [4.69, 9.17) is 4.74 Å². The molecule has 2 rings (SSSR count). The van der Waals surface area contributed by atoms with E-state index in [1.165, 1.54) is 0 Å². The fourth-order valence-corrected chi connectivity index (χ4v) is 2.75. The molecular formula is C14H20F3N3O2. The van der Waals surface area contributed by atoms with Crippen LogP contribution in [0, 0.1) is 0 Å². The molecule has 1 atom stereocenters. The summed E-state index contributed by atoms with van der Waals surface area (Å²) >= 11 is 0. The fourth-order valence-electron chi connectivity index (χ4n) is 2.75. The highest BCUT2D eigenvalue weighted by Crippen LogP contribution is 2.29. The molecule has 0 aromatic carbocycles. The number of hydrogen-bond acceptors (Lipinski definition) is 3. The molecule has 1 aromatic heterocycles. The Bertz CT molecular complexity index is 502. The number of piperidine rings is 1. The number of likely N-dealkylation sites (tertiary alicyclic amines) is 1. The summed E-state index contributed by atoms with van der Waals surface area (Å²) in [5.74, 6) is -0.436. The standard InChI is InChI=1S/C14H20F3N3O2/c1-22-8-4-6-10-5-2-3-7-20(10)13(21)11-9-12(19-18-11)14(15,16)17/h9-10H,2-8H2,1H3,(H,18,19). The molecule has 1 fully saturated rings. The van der Waals surface area contributed by atoms with Gasteiger partial charge >= 0.3 is 6.18 Å². The van der Waals surface area contributed by atoms with E-state index in [1.807, 2.05) is 5.10 Å². The van der Waals surface area contributed by atoms with E-state index in [9.17, 15) is 18.0 Å². The predicted molar refractivity (Wildman–Crippen MR) is 73.4 cm³/mol. The van der Waals surface area contributed by atoms with E-state index in [1.54, 1.807) is 12.0 Å². The van der Waals surface area contributed by atoms with Crippen molar-refractivity contribution in [3.8, 4) is 0 Å². The number of methoxy groups -OCH3 is 1. The summed E-state index contributed by atoms with van der Waals surface area (Å²) in [7, 11) is 1.62. The summed E-state index contributed by atoms with van der Waals surface area (Å²) in [5, 5.41) is 5.42. The highest BCUT2D eigenvalue weighted by molar-refractivity contribution is 5.92. The molecule has 0 radical (unpaired) electrons. The monoisotopic (exact) mass is 319 g/mol. The van der Waals surface area contributed by atoms with Crippen LogP contribution >= 0.6 is 0 Å². The van der Waals surface area contributed by atoms with Crippen LogP contribution in [0.4, 0.5) is 13.2 Å². The number of nitrogens with zero attached hydrogens (tertiary/aromatic N) is 2. The van der Waals surface area contributed by atoms with Crippen LogP contribution in [0.5, 0.6) is 0 Å². The molecule has 0 bridgehead atoms. The third kappa shape index (κ3) is 4.00. The van der Waals surface area contributed by atoms with Gasteiger partial charge in [0.25, 0.3) is 5.91 Å². The second-order valence-corrected chi connectivity index (χ2v) is 5.45. The van der Waals surface area contributed by atoms with Gasteiger partial charge in [0.05, 0.1) is 0 Å². The minimum absolute atomic E-state index is 0.0439. The maximum atomic E-state index is 12.6. The molecule has 0 aliphatic carbocycles. The Labute approximate surface area is 126 Å². The first-order chi connectivity index (χ1) is 10.4. The second-order valence-electron chi connectivity index (χ2n) is 5.45. The molecule has 1 aromatic rings. The Morgan fingerprint density at radius 1 is 1.50 bits per heavy atom. The normalized spacial score (nSPS) is 19.5. The van der Waals surface area contributed by atoms with E-state index < -0.39 is 17.8 Å². The number of aromatic amines is 1. The van der Waals surface area contributed by atoms with Crippen molar-refractivity contribution >= 4 is 5.91 Å². The van der Waals surface area contributed by atoms with Gasteiger partial charge in [0.1, 0.15) is 5.69 Å². The zero-order valence-electron chi connectivity index (χ0n) is 12.4. The largest absolute Gasteiger partial charge is 0.432 e. The Morgan fingerprint density at radius 3 is 2.91 bits per heavy atom. The molecule has 2 heterocycles. The lowest BCUT2D eigenvalue weighted by molar-refractivity contribution is -0.141. The van der Waals surface area contributed by atoms with Crippen molar-refractivity contribution in [1.29, 1.82) is 0 Å². The van der Waals surface area contributed by atoms with E-state index in [2.05, 4.69) is 5.10 Å². The molecule has 1 amide bonds. The Balaban J connectivity index is 2.06. The fraction of sp³-hybridized carbons (Fsp3) is 0.714. The van der Waals surface area contributed by atoms with Crippen molar-refractivity contribution in [3.05, 3.63) is 17.5 Å². The summed E-state index contributed by atoms with van der Waals surface area (Å²) in [4.78, 5) is 14.1. The molecule has 22 heavy (non-hydrogen) atoms. The van der Waals surface area contributed by atoms with Crippen LogP contribution < -0.4 is 0 Å². The van der Waals surface area contributed by atoms with Crippen LogP contribution in [-0.4, -0.2) is 47.3 Å². The van der Waals surface area contributed by atoms with Gasteiger partial charge in [0.2, 0.25) is 0 Å². The maximum Gasteiger partial charge on any atom is 0.432 e. The molecule has 1 unspecified atom stereocenters. The summed E-state index contributed by atoms with van der Waals surface area (Å²) in [6.07, 6.45) is -0.161. The third-order valence-electron chi connectivity index (χ3n) is 3.88. The Morgan fingerprint density at radius 2 is 2.27 bits per heavy atom. The third-order valence-corrected chi connectivity index (χ3v) is 3.88. The van der Waals surface area contributed by atoms with Crippen molar-refractivity contribution in [2.45, 2.75) is 44.3 Å². The average molecular weight is 319 g/mol. The molecule has 1 aliphatic rings. The highest BCUT2D eigenvalue weighted by atomic mass is 19.4. The molecular weight excluding hydrogens is 299 g/mol. The van der Waals surface area contributed by atoms with Crippen LogP contribution in [0.1, 0.15) is 48.3 Å². The lowest BCUT2D eigenvalue weighted by Gasteiger charge is -2.35. The lowest BCUT2D eigenvalue weighted by atomic mass is 9.97. The molecule has 1 saturated heterocycles. The van der Waals surface area contributed by atoms with Gasteiger partial charge < -0.3 is 9.64 Å². The number of H-pyrrole nitrogens is 1.